The van der Waals surface area contributed by atoms with Crippen molar-refractivity contribution in [3.8, 4) is 0 Å². The highest BCUT2D eigenvalue weighted by atomic mass is 19.3. The smallest absolute Gasteiger partial charge is 0.321 e. The number of carbonyl (C=O) groups excluding carboxylic acids is 2. The molecule has 1 aromatic carbocycles. The third kappa shape index (κ3) is 3.40. The number of hydrogen-bond donors (Lipinski definition) is 2. The van der Waals surface area contributed by atoms with Crippen molar-refractivity contribution in [3.05, 3.63) is 59.7 Å². The van der Waals surface area contributed by atoms with Gasteiger partial charge in [0, 0.05) is 29.9 Å². The summed E-state index contributed by atoms with van der Waals surface area (Å²) in [6.45, 7) is -0.264. The zero-order valence-electron chi connectivity index (χ0n) is 17.3. The number of halogens is 2. The quantitative estimate of drug-likeness (QED) is 0.485. The molecule has 1 saturated heterocycles. The number of imide groups is 1. The maximum Gasteiger partial charge on any atom is 0.321 e. The van der Waals surface area contributed by atoms with Crippen molar-refractivity contribution in [2.45, 2.75) is 37.1 Å². The highest BCUT2D eigenvalue weighted by Crippen LogP contribution is 2.55. The van der Waals surface area contributed by atoms with Gasteiger partial charge in [0.1, 0.15) is 6.54 Å². The number of benzene rings is 1. The second-order valence-corrected chi connectivity index (χ2v) is 8.46. The normalized spacial score (nSPS) is 22.7. The molecule has 3 amide bonds. The van der Waals surface area contributed by atoms with Crippen LogP contribution < -0.4 is 10.6 Å². The minimum Gasteiger partial charge on any atom is -0.337 e. The number of fused-ring (bicyclic) bond motifs is 2. The van der Waals surface area contributed by atoms with Crippen LogP contribution in [-0.4, -0.2) is 49.3 Å². The Balaban J connectivity index is 1.34. The van der Waals surface area contributed by atoms with Crippen molar-refractivity contribution in [2.24, 2.45) is 0 Å². The summed E-state index contributed by atoms with van der Waals surface area (Å²) in [4.78, 5) is 28.3. The number of alkyl halides is 2. The molecule has 4 heterocycles. The predicted molar refractivity (Wildman–Crippen MR) is 113 cm³/mol. The Labute approximate surface area is 185 Å². The lowest BCUT2D eigenvalue weighted by Gasteiger charge is -2.22. The molecule has 1 saturated carbocycles. The van der Waals surface area contributed by atoms with E-state index < -0.39 is 24.9 Å². The van der Waals surface area contributed by atoms with E-state index in [1.54, 1.807) is 23.1 Å². The zero-order chi connectivity index (χ0) is 22.7. The van der Waals surface area contributed by atoms with Crippen LogP contribution in [0, 0.1) is 0 Å². The van der Waals surface area contributed by atoms with Gasteiger partial charge in [-0.2, -0.15) is 10.2 Å². The third-order valence-electron chi connectivity index (χ3n) is 6.38. The van der Waals surface area contributed by atoms with Crippen LogP contribution >= 0.6 is 0 Å². The second kappa shape index (κ2) is 7.32. The Morgan fingerprint density at radius 3 is 2.88 bits per heavy atom. The van der Waals surface area contributed by atoms with Crippen molar-refractivity contribution in [2.75, 3.05) is 6.54 Å². The molecule has 3 atom stereocenters. The summed E-state index contributed by atoms with van der Waals surface area (Å²) in [5.74, 6) is -0.631. The monoisotopic (exact) mass is 451 g/mol. The molecule has 1 aliphatic heterocycles. The largest absolute Gasteiger partial charge is 0.337 e. The van der Waals surface area contributed by atoms with Gasteiger partial charge in [-0.05, 0) is 36.0 Å². The number of imidazole rings is 1. The lowest BCUT2D eigenvalue weighted by atomic mass is 9.99. The first kappa shape index (κ1) is 19.8. The van der Waals surface area contributed by atoms with Gasteiger partial charge in [0.05, 0.1) is 23.3 Å². The maximum absolute atomic E-state index is 12.9. The lowest BCUT2D eigenvalue weighted by Crippen LogP contribution is -2.51. The highest BCUT2D eigenvalue weighted by molar-refractivity contribution is 6.00. The standard InChI is InChI=1S/C22H19F2N7O2/c23-19(24)10-31-18-5-11(1-2-12(18)8-27-31)13-6-14(13)15-7-17(29-30-4-3-25-20(15)30)16-9-26-22(33)28-21(16)32/h1-5,7-8,13-14,16,19H,6,9-10H2,(H2,26,28,32,33)/t13-,14+,16?/m1/s1. The van der Waals surface area contributed by atoms with E-state index >= 15 is 0 Å². The molecule has 1 aliphatic carbocycles. The molecule has 33 heavy (non-hydrogen) atoms. The molecule has 6 rings (SSSR count). The molecule has 0 bridgehead atoms. The molecular weight excluding hydrogens is 432 g/mol. The van der Waals surface area contributed by atoms with Crippen molar-refractivity contribution >= 4 is 28.5 Å². The molecule has 2 aliphatic rings. The van der Waals surface area contributed by atoms with Gasteiger partial charge in [-0.1, -0.05) is 12.1 Å². The molecule has 11 heteroatoms. The van der Waals surface area contributed by atoms with E-state index in [1.807, 2.05) is 24.3 Å². The Morgan fingerprint density at radius 1 is 1.18 bits per heavy atom. The van der Waals surface area contributed by atoms with Gasteiger partial charge < -0.3 is 5.32 Å². The van der Waals surface area contributed by atoms with E-state index in [4.69, 9.17) is 0 Å². The van der Waals surface area contributed by atoms with E-state index in [0.717, 1.165) is 28.6 Å². The van der Waals surface area contributed by atoms with Crippen molar-refractivity contribution in [1.82, 2.24) is 35.0 Å². The first-order valence-corrected chi connectivity index (χ1v) is 10.6. The summed E-state index contributed by atoms with van der Waals surface area (Å²) in [5, 5.41) is 14.4. The lowest BCUT2D eigenvalue weighted by molar-refractivity contribution is -0.122. The number of carbonyl (C=O) groups is 2. The SMILES string of the molecule is O=C1NCC(c2cc([C@H]3C[C@@H]3c3ccc4cnn(CC(F)F)c4c3)c3nccn3n2)C(=O)N1. The van der Waals surface area contributed by atoms with Crippen molar-refractivity contribution < 1.29 is 18.4 Å². The summed E-state index contributed by atoms with van der Waals surface area (Å²) in [5.41, 5.74) is 3.99. The number of urea groups is 1. The van der Waals surface area contributed by atoms with Crippen LogP contribution in [0.1, 0.15) is 41.0 Å². The Kier molecular flexibility index (Phi) is 4.39. The summed E-state index contributed by atoms with van der Waals surface area (Å²) < 4.78 is 28.8. The van der Waals surface area contributed by atoms with Gasteiger partial charge in [-0.3, -0.25) is 14.8 Å². The van der Waals surface area contributed by atoms with Gasteiger partial charge in [-0.25, -0.2) is 23.1 Å². The van der Waals surface area contributed by atoms with Crippen LogP contribution in [0.2, 0.25) is 0 Å². The van der Waals surface area contributed by atoms with Crippen molar-refractivity contribution in [3.63, 3.8) is 0 Å². The first-order valence-electron chi connectivity index (χ1n) is 10.6. The first-order chi connectivity index (χ1) is 16.0. The number of rotatable bonds is 5. The predicted octanol–water partition coefficient (Wildman–Crippen LogP) is 2.54. The van der Waals surface area contributed by atoms with Gasteiger partial charge in [0.2, 0.25) is 5.91 Å². The minimum atomic E-state index is -2.48. The van der Waals surface area contributed by atoms with Gasteiger partial charge in [0.15, 0.2) is 5.65 Å². The van der Waals surface area contributed by atoms with Crippen LogP contribution in [0.4, 0.5) is 13.6 Å². The molecule has 2 N–H and O–H groups in total. The topological polar surface area (TPSA) is 106 Å². The molecule has 3 aromatic heterocycles. The average Bonchev–Trinajstić information content (AvgIpc) is 3.26. The summed E-state index contributed by atoms with van der Waals surface area (Å²) in [6, 6.07) is 7.24. The van der Waals surface area contributed by atoms with Crippen LogP contribution in [0.15, 0.2) is 42.9 Å². The molecule has 2 fully saturated rings. The van der Waals surface area contributed by atoms with Crippen LogP contribution in [0.5, 0.6) is 0 Å². The summed E-state index contributed by atoms with van der Waals surface area (Å²) in [7, 11) is 0. The van der Waals surface area contributed by atoms with Crippen molar-refractivity contribution in [1.29, 1.82) is 0 Å². The summed E-state index contributed by atoms with van der Waals surface area (Å²) in [6.07, 6.45) is 3.38. The molecule has 9 nitrogen and oxygen atoms in total. The fourth-order valence-corrected chi connectivity index (χ4v) is 4.68. The Morgan fingerprint density at radius 2 is 2.06 bits per heavy atom. The van der Waals surface area contributed by atoms with E-state index in [1.165, 1.54) is 4.68 Å². The van der Waals surface area contributed by atoms with E-state index in [2.05, 4.69) is 25.8 Å². The fourth-order valence-electron chi connectivity index (χ4n) is 4.68. The molecular formula is C22H19F2N7O2. The molecule has 0 radical (unpaired) electrons. The van der Waals surface area contributed by atoms with Crippen LogP contribution in [0.25, 0.3) is 16.6 Å². The minimum absolute atomic E-state index is 0.154. The maximum atomic E-state index is 12.9. The van der Waals surface area contributed by atoms with E-state index in [9.17, 15) is 18.4 Å². The highest BCUT2D eigenvalue weighted by Gasteiger charge is 2.42. The van der Waals surface area contributed by atoms with E-state index in [-0.39, 0.29) is 24.3 Å². The van der Waals surface area contributed by atoms with Crippen LogP contribution in [-0.2, 0) is 11.3 Å². The number of nitrogens with zero attached hydrogens (tertiary/aromatic N) is 5. The Hall–Kier alpha value is -3.89. The zero-order valence-corrected chi connectivity index (χ0v) is 17.3. The van der Waals surface area contributed by atoms with Gasteiger partial charge in [0.25, 0.3) is 6.43 Å². The number of aromatic nitrogens is 5. The van der Waals surface area contributed by atoms with Gasteiger partial charge in [-0.15, -0.1) is 0 Å². The third-order valence-corrected chi connectivity index (χ3v) is 6.38. The van der Waals surface area contributed by atoms with Crippen LogP contribution in [0.3, 0.4) is 0 Å². The Bertz CT molecular complexity index is 1410. The molecule has 168 valence electrons. The molecule has 4 aromatic rings. The average molecular weight is 451 g/mol. The van der Waals surface area contributed by atoms with E-state index in [0.29, 0.717) is 11.2 Å². The number of amides is 3. The second-order valence-electron chi connectivity index (χ2n) is 8.46. The summed E-state index contributed by atoms with van der Waals surface area (Å²) >= 11 is 0. The number of nitrogens with one attached hydrogen (secondary N) is 2. The molecule has 0 spiro atoms. The molecule has 1 unspecified atom stereocenters. The van der Waals surface area contributed by atoms with Gasteiger partial charge >= 0.3 is 6.03 Å². The number of hydrogen-bond acceptors (Lipinski definition) is 5. The fraction of sp³-hybridized carbons (Fsp3) is 0.318.